The molecule has 9 heteroatoms. The molecule has 0 aliphatic heterocycles. The van der Waals surface area contributed by atoms with Crippen molar-refractivity contribution in [2.75, 3.05) is 33.0 Å². The van der Waals surface area contributed by atoms with Gasteiger partial charge < -0.3 is 20.1 Å². The Labute approximate surface area is 332 Å². The number of allylic oxidation sites excluding steroid dienone is 10. The lowest BCUT2D eigenvalue weighted by atomic mass is 10.1. The smallest absolute Gasteiger partial charge is 0.457 e. The molecule has 0 saturated heterocycles. The van der Waals surface area contributed by atoms with Crippen LogP contribution in [0.1, 0.15) is 181 Å². The van der Waals surface area contributed by atoms with Crippen molar-refractivity contribution < 1.29 is 32.8 Å². The molecule has 2 atom stereocenters. The van der Waals surface area contributed by atoms with Gasteiger partial charge in [0.2, 0.25) is 0 Å². The lowest BCUT2D eigenvalue weighted by molar-refractivity contribution is -0.154. The highest BCUT2D eigenvalue weighted by Crippen LogP contribution is 2.43. The fourth-order valence-electron chi connectivity index (χ4n) is 5.75. The Hall–Kier alpha value is -1.80. The molecule has 0 aliphatic rings. The molecule has 0 aromatic rings. The minimum Gasteiger partial charge on any atom is -0.457 e. The fourth-order valence-corrected chi connectivity index (χ4v) is 6.51. The van der Waals surface area contributed by atoms with Crippen LogP contribution in [0.15, 0.2) is 60.8 Å². The van der Waals surface area contributed by atoms with Crippen LogP contribution in [-0.4, -0.2) is 49.9 Å². The Kier molecular flexibility index (Phi) is 40.9. The molecule has 0 fully saturated rings. The quantitative estimate of drug-likeness (QED) is 0.0273. The first-order chi connectivity index (χ1) is 26.4. The maximum absolute atomic E-state index is 12.6. The summed E-state index contributed by atoms with van der Waals surface area (Å²) >= 11 is 0. The number of nitrogens with two attached hydrogens (primary N) is 1. The number of carbonyl (C=O) groups is 1. The molecule has 0 aliphatic carbocycles. The number of esters is 1. The van der Waals surface area contributed by atoms with Crippen LogP contribution < -0.4 is 5.73 Å². The predicted molar refractivity (Wildman–Crippen MR) is 229 cm³/mol. The van der Waals surface area contributed by atoms with Crippen LogP contribution in [0.4, 0.5) is 0 Å². The second kappa shape index (κ2) is 42.3. The molecule has 8 nitrogen and oxygen atoms in total. The van der Waals surface area contributed by atoms with Gasteiger partial charge >= 0.3 is 13.8 Å². The monoisotopic (exact) mass is 780 g/mol. The zero-order chi connectivity index (χ0) is 39.5. The van der Waals surface area contributed by atoms with E-state index in [4.69, 9.17) is 24.3 Å². The molecule has 2 unspecified atom stereocenters. The molecular formula is C45H82NO7P. The third kappa shape index (κ3) is 41.4. The summed E-state index contributed by atoms with van der Waals surface area (Å²) in [6, 6.07) is 0. The predicted octanol–water partition coefficient (Wildman–Crippen LogP) is 13.0. The van der Waals surface area contributed by atoms with Crippen molar-refractivity contribution >= 4 is 13.8 Å². The summed E-state index contributed by atoms with van der Waals surface area (Å²) in [6.45, 7) is 4.72. The van der Waals surface area contributed by atoms with Gasteiger partial charge in [0.15, 0.2) is 0 Å². The molecule has 54 heavy (non-hydrogen) atoms. The molecule has 0 bridgehead atoms. The molecule has 3 N–H and O–H groups in total. The minimum absolute atomic E-state index is 0.0922. The standard InChI is InChI=1S/C45H82NO7P/c1-3-5-7-9-11-13-15-17-19-21-22-23-24-26-28-30-32-34-36-38-45(47)53-44(43-52-54(48,49)51-41-39-46)42-50-40-37-35-33-31-29-27-25-20-18-16-14-12-10-8-6-4-2/h6,8,12,14,17-20,27,29,44H,3-5,7,9-11,13,15-16,21-26,28,30-43,46H2,1-2H3,(H,48,49)/b8-6-,14-12-,19-17-,20-18-,29-27-. The maximum Gasteiger partial charge on any atom is 0.472 e. The van der Waals surface area contributed by atoms with Crippen molar-refractivity contribution in [3.8, 4) is 0 Å². The summed E-state index contributed by atoms with van der Waals surface area (Å²) in [5, 5.41) is 0. The number of unbranched alkanes of at least 4 members (excludes halogenated alkanes) is 18. The van der Waals surface area contributed by atoms with Crippen molar-refractivity contribution in [1.82, 2.24) is 0 Å². The molecule has 0 aromatic carbocycles. The number of carbonyl (C=O) groups excluding carboxylic acids is 1. The highest BCUT2D eigenvalue weighted by molar-refractivity contribution is 7.47. The van der Waals surface area contributed by atoms with Crippen molar-refractivity contribution in [3.63, 3.8) is 0 Å². The molecule has 0 amide bonds. The van der Waals surface area contributed by atoms with Gasteiger partial charge in [-0.2, -0.15) is 0 Å². The molecule has 0 rings (SSSR count). The first-order valence-corrected chi connectivity index (χ1v) is 23.3. The molecule has 0 spiro atoms. The summed E-state index contributed by atoms with van der Waals surface area (Å²) in [7, 11) is -4.29. The zero-order valence-corrected chi connectivity index (χ0v) is 35.6. The summed E-state index contributed by atoms with van der Waals surface area (Å²) in [4.78, 5) is 22.5. The number of rotatable bonds is 41. The van der Waals surface area contributed by atoms with Gasteiger partial charge in [0, 0.05) is 19.6 Å². The van der Waals surface area contributed by atoms with E-state index in [1.807, 2.05) is 0 Å². The number of phosphoric ester groups is 1. The Morgan fingerprint density at radius 3 is 1.57 bits per heavy atom. The Balaban J connectivity index is 4.08. The van der Waals surface area contributed by atoms with Gasteiger partial charge in [-0.15, -0.1) is 0 Å². The summed E-state index contributed by atoms with van der Waals surface area (Å²) in [5.41, 5.74) is 5.37. The van der Waals surface area contributed by atoms with Crippen molar-refractivity contribution in [2.45, 2.75) is 187 Å². The average Bonchev–Trinajstić information content (AvgIpc) is 3.16. The van der Waals surface area contributed by atoms with Crippen LogP contribution in [-0.2, 0) is 27.9 Å². The number of phosphoric acid groups is 1. The lowest BCUT2D eigenvalue weighted by Crippen LogP contribution is -2.28. The van der Waals surface area contributed by atoms with Gasteiger partial charge in [-0.05, 0) is 77.0 Å². The van der Waals surface area contributed by atoms with Crippen LogP contribution in [0.3, 0.4) is 0 Å². The van der Waals surface area contributed by atoms with Crippen LogP contribution >= 0.6 is 7.82 Å². The Bertz CT molecular complexity index is 1010. The molecule has 0 saturated carbocycles. The summed E-state index contributed by atoms with van der Waals surface area (Å²) < 4.78 is 33.4. The SMILES string of the molecule is CC/C=C\C/C=C\C/C=C\C/C=C\CCCCCOCC(COP(=O)(O)OCCN)OC(=O)CCCCCCCCCCC/C=C\CCCCCCCC. The third-order valence-electron chi connectivity index (χ3n) is 8.92. The molecule has 0 aromatic heterocycles. The summed E-state index contributed by atoms with van der Waals surface area (Å²) in [6.07, 6.45) is 51.0. The van der Waals surface area contributed by atoms with Gasteiger partial charge in [0.05, 0.1) is 19.8 Å². The number of hydrogen-bond donors (Lipinski definition) is 2. The van der Waals surface area contributed by atoms with E-state index in [1.165, 1.54) is 89.9 Å². The van der Waals surface area contributed by atoms with E-state index in [0.29, 0.717) is 13.0 Å². The lowest BCUT2D eigenvalue weighted by Gasteiger charge is -2.20. The van der Waals surface area contributed by atoms with Gasteiger partial charge in [0.25, 0.3) is 0 Å². The molecule has 314 valence electrons. The van der Waals surface area contributed by atoms with E-state index in [9.17, 15) is 14.3 Å². The maximum atomic E-state index is 12.6. The topological polar surface area (TPSA) is 117 Å². The second-order valence-corrected chi connectivity index (χ2v) is 15.6. The third-order valence-corrected chi connectivity index (χ3v) is 9.90. The second-order valence-electron chi connectivity index (χ2n) is 14.2. The van der Waals surface area contributed by atoms with E-state index in [1.54, 1.807) is 0 Å². The number of hydrogen-bond acceptors (Lipinski definition) is 7. The van der Waals surface area contributed by atoms with E-state index in [2.05, 4.69) is 74.6 Å². The van der Waals surface area contributed by atoms with Crippen molar-refractivity contribution in [2.24, 2.45) is 5.73 Å². The van der Waals surface area contributed by atoms with Crippen LogP contribution in [0.2, 0.25) is 0 Å². The fraction of sp³-hybridized carbons (Fsp3) is 0.756. The molecule has 0 radical (unpaired) electrons. The largest absolute Gasteiger partial charge is 0.472 e. The highest BCUT2D eigenvalue weighted by Gasteiger charge is 2.25. The zero-order valence-electron chi connectivity index (χ0n) is 34.7. The van der Waals surface area contributed by atoms with Gasteiger partial charge in [0.1, 0.15) is 6.10 Å². The van der Waals surface area contributed by atoms with Crippen molar-refractivity contribution in [3.05, 3.63) is 60.8 Å². The highest BCUT2D eigenvalue weighted by atomic mass is 31.2. The Morgan fingerprint density at radius 2 is 1.04 bits per heavy atom. The number of ether oxygens (including phenoxy) is 2. The van der Waals surface area contributed by atoms with Crippen molar-refractivity contribution in [1.29, 1.82) is 0 Å². The summed E-state index contributed by atoms with van der Waals surface area (Å²) in [5.74, 6) is -0.346. The normalized spacial score (nSPS) is 14.1. The van der Waals surface area contributed by atoms with Crippen LogP contribution in [0.25, 0.3) is 0 Å². The van der Waals surface area contributed by atoms with Gasteiger partial charge in [-0.3, -0.25) is 13.8 Å². The minimum atomic E-state index is -4.29. The van der Waals surface area contributed by atoms with Crippen LogP contribution in [0.5, 0.6) is 0 Å². The van der Waals surface area contributed by atoms with E-state index < -0.39 is 13.9 Å². The van der Waals surface area contributed by atoms with E-state index >= 15 is 0 Å². The van der Waals surface area contributed by atoms with Crippen LogP contribution in [0, 0.1) is 0 Å². The van der Waals surface area contributed by atoms with E-state index in [0.717, 1.165) is 70.6 Å². The average molecular weight is 780 g/mol. The van der Waals surface area contributed by atoms with Gasteiger partial charge in [-0.25, -0.2) is 4.57 Å². The van der Waals surface area contributed by atoms with Gasteiger partial charge in [-0.1, -0.05) is 158 Å². The first-order valence-electron chi connectivity index (χ1n) is 21.8. The molecular weight excluding hydrogens is 697 g/mol. The van der Waals surface area contributed by atoms with E-state index in [-0.39, 0.29) is 32.3 Å². The first kappa shape index (κ1) is 52.2. The molecule has 0 heterocycles. The Morgan fingerprint density at radius 1 is 0.574 bits per heavy atom.